The van der Waals surface area contributed by atoms with E-state index in [1.165, 1.54) is 19.8 Å². The smallest absolute Gasteiger partial charge is 0.217 e. The van der Waals surface area contributed by atoms with E-state index >= 15 is 0 Å². The van der Waals surface area contributed by atoms with E-state index in [0.717, 1.165) is 0 Å². The van der Waals surface area contributed by atoms with Crippen LogP contribution in [0.2, 0.25) is 0 Å². The van der Waals surface area contributed by atoms with E-state index in [0.29, 0.717) is 5.92 Å². The molecule has 1 amide bonds. The Morgan fingerprint density at radius 1 is 1.75 bits per heavy atom. The summed E-state index contributed by atoms with van der Waals surface area (Å²) < 4.78 is 0. The van der Waals surface area contributed by atoms with Gasteiger partial charge in [-0.2, -0.15) is 0 Å². The number of nitrogens with one attached hydrogen (secondary N) is 1. The van der Waals surface area contributed by atoms with E-state index in [1.54, 1.807) is 0 Å². The molecule has 0 spiro atoms. The molecular weight excluding hydrogens is 102 g/mol. The van der Waals surface area contributed by atoms with Gasteiger partial charge in [0.1, 0.15) is 0 Å². The second kappa shape index (κ2) is 2.16. The summed E-state index contributed by atoms with van der Waals surface area (Å²) in [7, 11) is 0. The van der Waals surface area contributed by atoms with Crippen LogP contribution in [0.25, 0.3) is 0 Å². The second-order valence-electron chi connectivity index (χ2n) is 2.20. The van der Waals surface area contributed by atoms with Crippen molar-refractivity contribution in [2.24, 2.45) is 5.92 Å². The summed E-state index contributed by atoms with van der Waals surface area (Å²) in [4.78, 5) is 10.2. The Kier molecular flexibility index (Phi) is 1.51. The molecule has 45 valence electrons. The van der Waals surface area contributed by atoms with Crippen molar-refractivity contribution in [2.75, 3.05) is 0 Å². The third kappa shape index (κ3) is 1.96. The Morgan fingerprint density at radius 3 is 2.75 bits per heavy atom. The summed E-state index contributed by atoms with van der Waals surface area (Å²) in [6.45, 7) is 3.40. The lowest BCUT2D eigenvalue weighted by Crippen LogP contribution is -2.16. The molecule has 0 heterocycles. The Bertz CT molecular complexity index is 96.7. The quantitative estimate of drug-likeness (QED) is 0.559. The van der Waals surface area contributed by atoms with Gasteiger partial charge in [0.2, 0.25) is 5.91 Å². The molecule has 1 radical (unpaired) electrons. The Labute approximate surface area is 49.3 Å². The minimum atomic E-state index is 0.0388. The van der Waals surface area contributed by atoms with E-state index in [9.17, 15) is 4.79 Å². The molecule has 0 saturated heterocycles. The average Bonchev–Trinajstić information content (AvgIpc) is 2.41. The van der Waals surface area contributed by atoms with Crippen LogP contribution in [0.3, 0.4) is 0 Å². The summed E-state index contributed by atoms with van der Waals surface area (Å²) in [6.07, 6.45) is 2.50. The van der Waals surface area contributed by atoms with Gasteiger partial charge in [-0.25, -0.2) is 0 Å². The SMILES string of the molecule is CC(=O)N[CH]C1CC1. The van der Waals surface area contributed by atoms with Gasteiger partial charge in [0.25, 0.3) is 0 Å². The lowest BCUT2D eigenvalue weighted by Gasteiger charge is -1.94. The van der Waals surface area contributed by atoms with Crippen molar-refractivity contribution in [2.45, 2.75) is 19.8 Å². The van der Waals surface area contributed by atoms with E-state index in [4.69, 9.17) is 0 Å². The molecule has 2 nitrogen and oxygen atoms in total. The fraction of sp³-hybridized carbons (Fsp3) is 0.667. The maximum atomic E-state index is 10.2. The van der Waals surface area contributed by atoms with Crippen molar-refractivity contribution in [1.29, 1.82) is 0 Å². The zero-order valence-electron chi connectivity index (χ0n) is 4.98. The first-order valence-corrected chi connectivity index (χ1v) is 2.89. The highest BCUT2D eigenvalue weighted by molar-refractivity contribution is 5.73. The average molecular weight is 112 g/mol. The van der Waals surface area contributed by atoms with E-state index in [-0.39, 0.29) is 5.91 Å². The number of hydrogen-bond donors (Lipinski definition) is 1. The van der Waals surface area contributed by atoms with Gasteiger partial charge in [-0.05, 0) is 18.8 Å². The van der Waals surface area contributed by atoms with Crippen LogP contribution in [0.4, 0.5) is 0 Å². The molecule has 1 saturated carbocycles. The van der Waals surface area contributed by atoms with Gasteiger partial charge in [-0.15, -0.1) is 0 Å². The predicted molar refractivity (Wildman–Crippen MR) is 30.8 cm³/mol. The monoisotopic (exact) mass is 112 g/mol. The van der Waals surface area contributed by atoms with E-state index < -0.39 is 0 Å². The van der Waals surface area contributed by atoms with Crippen LogP contribution in [-0.2, 0) is 4.79 Å². The first-order chi connectivity index (χ1) is 3.79. The fourth-order valence-electron chi connectivity index (χ4n) is 0.498. The number of rotatable bonds is 2. The van der Waals surface area contributed by atoms with Gasteiger partial charge in [0.15, 0.2) is 0 Å². The van der Waals surface area contributed by atoms with Crippen molar-refractivity contribution in [3.63, 3.8) is 0 Å². The van der Waals surface area contributed by atoms with E-state index in [1.807, 2.05) is 6.54 Å². The molecule has 1 aliphatic carbocycles. The summed E-state index contributed by atoms with van der Waals surface area (Å²) in [6, 6.07) is 0. The zero-order chi connectivity index (χ0) is 5.98. The van der Waals surface area contributed by atoms with Crippen molar-refractivity contribution in [3.05, 3.63) is 6.54 Å². The molecule has 0 unspecified atom stereocenters. The summed E-state index contributed by atoms with van der Waals surface area (Å²) in [5.41, 5.74) is 0. The zero-order valence-corrected chi connectivity index (χ0v) is 4.98. The van der Waals surface area contributed by atoms with Gasteiger partial charge in [-0.3, -0.25) is 4.79 Å². The Balaban J connectivity index is 1.95. The van der Waals surface area contributed by atoms with Crippen LogP contribution in [0.15, 0.2) is 0 Å². The van der Waals surface area contributed by atoms with Gasteiger partial charge >= 0.3 is 0 Å². The molecule has 0 atom stereocenters. The van der Waals surface area contributed by atoms with Crippen molar-refractivity contribution in [3.8, 4) is 0 Å². The summed E-state index contributed by atoms with van der Waals surface area (Å²) >= 11 is 0. The molecule has 0 aromatic heterocycles. The van der Waals surface area contributed by atoms with Gasteiger partial charge in [-0.1, -0.05) is 0 Å². The topological polar surface area (TPSA) is 29.1 Å². The first kappa shape index (κ1) is 5.60. The summed E-state index contributed by atoms with van der Waals surface area (Å²) in [5, 5.41) is 2.64. The van der Waals surface area contributed by atoms with Crippen molar-refractivity contribution in [1.82, 2.24) is 5.32 Å². The van der Waals surface area contributed by atoms with Gasteiger partial charge < -0.3 is 5.32 Å². The van der Waals surface area contributed by atoms with Crippen LogP contribution in [0, 0.1) is 12.5 Å². The number of hydrogen-bond acceptors (Lipinski definition) is 1. The lowest BCUT2D eigenvalue weighted by atomic mass is 10.4. The minimum Gasteiger partial charge on any atom is -0.351 e. The maximum absolute atomic E-state index is 10.2. The Morgan fingerprint density at radius 2 is 2.38 bits per heavy atom. The fourth-order valence-corrected chi connectivity index (χ4v) is 0.498. The first-order valence-electron chi connectivity index (χ1n) is 2.89. The third-order valence-corrected chi connectivity index (χ3v) is 1.14. The van der Waals surface area contributed by atoms with E-state index in [2.05, 4.69) is 5.32 Å². The van der Waals surface area contributed by atoms with Gasteiger partial charge in [0, 0.05) is 6.92 Å². The Hall–Kier alpha value is -0.530. The van der Waals surface area contributed by atoms with Crippen LogP contribution in [0.5, 0.6) is 0 Å². The minimum absolute atomic E-state index is 0.0388. The van der Waals surface area contributed by atoms with Crippen molar-refractivity contribution >= 4 is 5.91 Å². The third-order valence-electron chi connectivity index (χ3n) is 1.14. The standard InChI is InChI=1S/C6H10NO/c1-5(8)7-4-6-2-3-6/h4,6H,2-3H2,1H3,(H,7,8). The molecule has 8 heavy (non-hydrogen) atoms. The second-order valence-corrected chi connectivity index (χ2v) is 2.20. The molecule has 1 N–H and O–H groups in total. The molecule has 1 fully saturated rings. The lowest BCUT2D eigenvalue weighted by molar-refractivity contribution is -0.118. The number of amides is 1. The molecule has 0 aliphatic heterocycles. The van der Waals surface area contributed by atoms with Crippen LogP contribution < -0.4 is 5.32 Å². The highest BCUT2D eigenvalue weighted by Gasteiger charge is 2.21. The molecule has 0 aromatic carbocycles. The van der Waals surface area contributed by atoms with Crippen molar-refractivity contribution < 1.29 is 4.79 Å². The molecule has 0 aromatic rings. The molecule has 1 rings (SSSR count). The molecule has 1 aliphatic rings. The highest BCUT2D eigenvalue weighted by atomic mass is 16.1. The van der Waals surface area contributed by atoms with Crippen LogP contribution in [0.1, 0.15) is 19.8 Å². The largest absolute Gasteiger partial charge is 0.351 e. The number of carbonyl (C=O) groups excluding carboxylic acids is 1. The predicted octanol–water partition coefficient (Wildman–Crippen LogP) is 0.694. The molecular formula is C6H10NO. The highest BCUT2D eigenvalue weighted by Crippen LogP contribution is 2.29. The van der Waals surface area contributed by atoms with Gasteiger partial charge in [0.05, 0.1) is 6.54 Å². The van der Waals surface area contributed by atoms with Crippen LogP contribution >= 0.6 is 0 Å². The maximum Gasteiger partial charge on any atom is 0.217 e. The normalized spacial score (nSPS) is 18.1. The molecule has 0 bridgehead atoms. The summed E-state index contributed by atoms with van der Waals surface area (Å²) in [5.74, 6) is 0.718. The van der Waals surface area contributed by atoms with Crippen LogP contribution in [-0.4, -0.2) is 5.91 Å². The molecule has 2 heteroatoms. The number of carbonyl (C=O) groups is 1.